The van der Waals surface area contributed by atoms with Crippen LogP contribution >= 0.6 is 24.8 Å². The Morgan fingerprint density at radius 2 is 1.67 bits per heavy atom. The molecule has 1 aromatic carbocycles. The minimum atomic E-state index is 0. The van der Waals surface area contributed by atoms with E-state index in [1.807, 2.05) is 18.2 Å². The zero-order chi connectivity index (χ0) is 7.56. The molecule has 0 fully saturated rings. The normalized spacial score (nSPS) is 8.08. The summed E-state index contributed by atoms with van der Waals surface area (Å²) in [5, 5.41) is 0. The van der Waals surface area contributed by atoms with Crippen LogP contribution in [0.5, 0.6) is 0 Å². The summed E-state index contributed by atoms with van der Waals surface area (Å²) in [4.78, 5) is 0. The van der Waals surface area contributed by atoms with Gasteiger partial charge in [0.25, 0.3) is 0 Å². The Morgan fingerprint density at radius 3 is 2.08 bits per heavy atom. The molecule has 0 bridgehead atoms. The molecule has 1 rings (SSSR count). The van der Waals surface area contributed by atoms with Gasteiger partial charge in [-0.3, -0.25) is 0 Å². The average molecular weight is 209 g/mol. The van der Waals surface area contributed by atoms with Crippen molar-refractivity contribution in [2.45, 2.75) is 13.3 Å². The van der Waals surface area contributed by atoms with Crippen LogP contribution < -0.4 is 11.5 Å². The summed E-state index contributed by atoms with van der Waals surface area (Å²) < 4.78 is 0. The lowest BCUT2D eigenvalue weighted by molar-refractivity contribution is 1.14. The Kier molecular flexibility index (Phi) is 6.95. The summed E-state index contributed by atoms with van der Waals surface area (Å²) >= 11 is 0. The SMILES string of the molecule is CCc1ccc(N)c(N)c1.Cl.Cl. The number of aryl methyl sites for hydroxylation is 1. The van der Waals surface area contributed by atoms with Crippen molar-refractivity contribution in [2.24, 2.45) is 0 Å². The number of hydrogen-bond acceptors (Lipinski definition) is 2. The van der Waals surface area contributed by atoms with Crippen LogP contribution in [-0.4, -0.2) is 0 Å². The molecule has 1 aromatic rings. The van der Waals surface area contributed by atoms with Gasteiger partial charge in [-0.05, 0) is 24.1 Å². The van der Waals surface area contributed by atoms with Gasteiger partial charge in [0.05, 0.1) is 11.4 Å². The first kappa shape index (κ1) is 14.0. The molecule has 0 aliphatic heterocycles. The van der Waals surface area contributed by atoms with E-state index < -0.39 is 0 Å². The van der Waals surface area contributed by atoms with Gasteiger partial charge in [-0.25, -0.2) is 0 Å². The van der Waals surface area contributed by atoms with Gasteiger partial charge in [0.2, 0.25) is 0 Å². The van der Waals surface area contributed by atoms with Crippen molar-refractivity contribution < 1.29 is 0 Å². The van der Waals surface area contributed by atoms with Crippen molar-refractivity contribution in [3.05, 3.63) is 23.8 Å². The fraction of sp³-hybridized carbons (Fsp3) is 0.250. The second kappa shape index (κ2) is 5.98. The molecule has 0 atom stereocenters. The smallest absolute Gasteiger partial charge is 0.0550 e. The maximum atomic E-state index is 5.57. The van der Waals surface area contributed by atoms with E-state index in [0.29, 0.717) is 11.4 Å². The van der Waals surface area contributed by atoms with Crippen LogP contribution in [0.25, 0.3) is 0 Å². The van der Waals surface area contributed by atoms with Crippen LogP contribution in [0.3, 0.4) is 0 Å². The summed E-state index contributed by atoms with van der Waals surface area (Å²) in [7, 11) is 0. The lowest BCUT2D eigenvalue weighted by atomic mass is 10.1. The molecule has 12 heavy (non-hydrogen) atoms. The van der Waals surface area contributed by atoms with Gasteiger partial charge in [-0.1, -0.05) is 13.0 Å². The predicted molar refractivity (Wildman–Crippen MR) is 59.1 cm³/mol. The van der Waals surface area contributed by atoms with Crippen LogP contribution in [-0.2, 0) is 6.42 Å². The van der Waals surface area contributed by atoms with Crippen molar-refractivity contribution in [2.75, 3.05) is 11.5 Å². The first-order valence-corrected chi connectivity index (χ1v) is 3.38. The lowest BCUT2D eigenvalue weighted by Gasteiger charge is -2.00. The van der Waals surface area contributed by atoms with Crippen LogP contribution in [0.4, 0.5) is 11.4 Å². The quantitative estimate of drug-likeness (QED) is 0.697. The molecule has 0 heterocycles. The molecule has 0 radical (unpaired) electrons. The molecular formula is C8H14Cl2N2. The predicted octanol–water partition coefficient (Wildman–Crippen LogP) is 2.26. The number of nitrogens with two attached hydrogens (primary N) is 2. The molecule has 70 valence electrons. The van der Waals surface area contributed by atoms with E-state index in [0.717, 1.165) is 6.42 Å². The van der Waals surface area contributed by atoms with E-state index >= 15 is 0 Å². The third kappa shape index (κ3) is 3.20. The van der Waals surface area contributed by atoms with Gasteiger partial charge < -0.3 is 11.5 Å². The topological polar surface area (TPSA) is 52.0 Å². The average Bonchev–Trinajstić information content (AvgIpc) is 1.95. The van der Waals surface area contributed by atoms with Gasteiger partial charge in [-0.2, -0.15) is 0 Å². The number of benzene rings is 1. The van der Waals surface area contributed by atoms with Crippen molar-refractivity contribution in [1.82, 2.24) is 0 Å². The van der Waals surface area contributed by atoms with E-state index in [1.54, 1.807) is 0 Å². The van der Waals surface area contributed by atoms with Crippen LogP contribution in [0, 0.1) is 0 Å². The molecule has 0 aliphatic rings. The van der Waals surface area contributed by atoms with Crippen LogP contribution in [0.2, 0.25) is 0 Å². The van der Waals surface area contributed by atoms with Gasteiger partial charge in [0.15, 0.2) is 0 Å². The molecular weight excluding hydrogens is 195 g/mol. The summed E-state index contributed by atoms with van der Waals surface area (Å²) in [6, 6.07) is 5.75. The maximum Gasteiger partial charge on any atom is 0.0550 e. The van der Waals surface area contributed by atoms with E-state index in [1.165, 1.54) is 5.56 Å². The molecule has 0 amide bonds. The van der Waals surface area contributed by atoms with Gasteiger partial charge >= 0.3 is 0 Å². The Hall–Kier alpha value is -0.600. The standard InChI is InChI=1S/C8H12N2.2ClH/c1-2-6-3-4-7(9)8(10)5-6;;/h3-5H,2,9-10H2,1H3;2*1H. The van der Waals surface area contributed by atoms with Crippen LogP contribution in [0.15, 0.2) is 18.2 Å². The number of nitrogen functional groups attached to an aromatic ring is 2. The highest BCUT2D eigenvalue weighted by Gasteiger charge is 1.93. The summed E-state index contributed by atoms with van der Waals surface area (Å²) in [5.41, 5.74) is 13.7. The first-order valence-electron chi connectivity index (χ1n) is 3.38. The van der Waals surface area contributed by atoms with Crippen molar-refractivity contribution in [3.63, 3.8) is 0 Å². The maximum absolute atomic E-state index is 5.57. The minimum Gasteiger partial charge on any atom is -0.397 e. The van der Waals surface area contributed by atoms with Crippen molar-refractivity contribution in [1.29, 1.82) is 0 Å². The largest absolute Gasteiger partial charge is 0.397 e. The van der Waals surface area contributed by atoms with Gasteiger partial charge in [0.1, 0.15) is 0 Å². The highest BCUT2D eigenvalue weighted by molar-refractivity contribution is 5.85. The molecule has 4 N–H and O–H groups in total. The highest BCUT2D eigenvalue weighted by atomic mass is 35.5. The van der Waals surface area contributed by atoms with E-state index in [-0.39, 0.29) is 24.8 Å². The van der Waals surface area contributed by atoms with Gasteiger partial charge in [0, 0.05) is 0 Å². The van der Waals surface area contributed by atoms with Crippen molar-refractivity contribution in [3.8, 4) is 0 Å². The second-order valence-corrected chi connectivity index (χ2v) is 2.32. The second-order valence-electron chi connectivity index (χ2n) is 2.32. The highest BCUT2D eigenvalue weighted by Crippen LogP contribution is 2.15. The monoisotopic (exact) mass is 208 g/mol. The molecule has 4 heteroatoms. The van der Waals surface area contributed by atoms with E-state index in [2.05, 4.69) is 6.92 Å². The Balaban J connectivity index is 0. The summed E-state index contributed by atoms with van der Waals surface area (Å²) in [6.07, 6.45) is 1.00. The number of rotatable bonds is 1. The van der Waals surface area contributed by atoms with E-state index in [4.69, 9.17) is 11.5 Å². The zero-order valence-electron chi connectivity index (χ0n) is 6.91. The summed E-state index contributed by atoms with van der Waals surface area (Å²) in [6.45, 7) is 2.09. The zero-order valence-corrected chi connectivity index (χ0v) is 8.54. The molecule has 0 spiro atoms. The Morgan fingerprint density at radius 1 is 1.08 bits per heavy atom. The first-order chi connectivity index (χ1) is 4.74. The fourth-order valence-electron chi connectivity index (χ4n) is 0.844. The fourth-order valence-corrected chi connectivity index (χ4v) is 0.844. The van der Waals surface area contributed by atoms with Gasteiger partial charge in [-0.15, -0.1) is 24.8 Å². The number of anilines is 2. The Bertz CT molecular complexity index is 238. The van der Waals surface area contributed by atoms with Crippen LogP contribution in [0.1, 0.15) is 12.5 Å². The molecule has 0 saturated carbocycles. The lowest BCUT2D eigenvalue weighted by Crippen LogP contribution is -1.94. The molecule has 0 unspecified atom stereocenters. The third-order valence-electron chi connectivity index (χ3n) is 1.56. The van der Waals surface area contributed by atoms with Crippen molar-refractivity contribution >= 4 is 36.2 Å². The molecule has 0 aliphatic carbocycles. The molecule has 0 aromatic heterocycles. The van der Waals surface area contributed by atoms with E-state index in [9.17, 15) is 0 Å². The number of halogens is 2. The Labute approximate surface area is 85.1 Å². The molecule has 0 saturated heterocycles. The molecule has 2 nitrogen and oxygen atoms in total. The summed E-state index contributed by atoms with van der Waals surface area (Å²) in [5.74, 6) is 0. The minimum absolute atomic E-state index is 0. The number of hydrogen-bond donors (Lipinski definition) is 2. The third-order valence-corrected chi connectivity index (χ3v) is 1.56.